The third-order valence-corrected chi connectivity index (χ3v) is 6.75. The molecule has 0 bridgehead atoms. The van der Waals surface area contributed by atoms with Gasteiger partial charge >= 0.3 is 0 Å². The van der Waals surface area contributed by atoms with Crippen molar-refractivity contribution in [3.05, 3.63) is 87.5 Å². The predicted molar refractivity (Wildman–Crippen MR) is 120 cm³/mol. The fourth-order valence-electron chi connectivity index (χ4n) is 3.80. The third kappa shape index (κ3) is 4.27. The molecule has 0 saturated carbocycles. The van der Waals surface area contributed by atoms with E-state index in [9.17, 15) is 23.8 Å². The molecule has 0 atom stereocenters. The summed E-state index contributed by atoms with van der Waals surface area (Å²) in [6, 6.07) is 10.4. The van der Waals surface area contributed by atoms with Gasteiger partial charge in [-0.25, -0.2) is 13.8 Å². The largest absolute Gasteiger partial charge is 0.485 e. The van der Waals surface area contributed by atoms with E-state index in [1.54, 1.807) is 41.8 Å². The number of aromatic nitrogens is 2. The van der Waals surface area contributed by atoms with Crippen molar-refractivity contribution in [1.82, 2.24) is 9.38 Å². The minimum atomic E-state index is -1.11. The summed E-state index contributed by atoms with van der Waals surface area (Å²) in [4.78, 5) is 18.5. The van der Waals surface area contributed by atoms with Gasteiger partial charge in [-0.2, -0.15) is 0 Å². The molecule has 0 saturated heterocycles. The van der Waals surface area contributed by atoms with Gasteiger partial charge in [0.15, 0.2) is 17.2 Å². The molecule has 33 heavy (non-hydrogen) atoms. The first-order valence-corrected chi connectivity index (χ1v) is 11.1. The molecule has 0 aliphatic carbocycles. The second kappa shape index (κ2) is 9.38. The van der Waals surface area contributed by atoms with Crippen LogP contribution in [-0.2, 0) is 12.0 Å². The standard InChI is InChI=1S/C24H22F2N2O4S/c1-15-22(19(31)11-24(13-29,14-30)21-8-4-10-33-21)28-9-3-7-20(23(28)27-15)32-12-16-17(25)5-2-6-18(16)26/h2-10,29-30H,11-14H2,1H3. The highest BCUT2D eigenvalue weighted by molar-refractivity contribution is 7.10. The number of pyridine rings is 1. The van der Waals surface area contributed by atoms with Crippen molar-refractivity contribution in [2.24, 2.45) is 0 Å². The summed E-state index contributed by atoms with van der Waals surface area (Å²) in [5.41, 5.74) is -0.270. The lowest BCUT2D eigenvalue weighted by Crippen LogP contribution is -2.37. The number of aliphatic hydroxyl groups excluding tert-OH is 2. The van der Waals surface area contributed by atoms with Gasteiger partial charge in [-0.05, 0) is 42.6 Å². The summed E-state index contributed by atoms with van der Waals surface area (Å²) >= 11 is 1.36. The molecule has 9 heteroatoms. The Balaban J connectivity index is 1.66. The number of fused-ring (bicyclic) bond motifs is 1. The number of halogens is 2. The predicted octanol–water partition coefficient (Wildman–Crippen LogP) is 4.06. The van der Waals surface area contributed by atoms with Crippen molar-refractivity contribution in [3.8, 4) is 5.75 Å². The minimum absolute atomic E-state index is 0.124. The lowest BCUT2D eigenvalue weighted by molar-refractivity contribution is 0.0791. The van der Waals surface area contributed by atoms with E-state index >= 15 is 0 Å². The van der Waals surface area contributed by atoms with Crippen molar-refractivity contribution < 1.29 is 28.5 Å². The van der Waals surface area contributed by atoms with Crippen LogP contribution in [0.25, 0.3) is 5.65 Å². The van der Waals surface area contributed by atoms with E-state index in [2.05, 4.69) is 4.98 Å². The number of carbonyl (C=O) groups is 1. The molecule has 0 unspecified atom stereocenters. The van der Waals surface area contributed by atoms with E-state index in [4.69, 9.17) is 4.74 Å². The maximum atomic E-state index is 14.0. The molecule has 0 amide bonds. The molecular formula is C24H22F2N2O4S. The van der Waals surface area contributed by atoms with Crippen LogP contribution >= 0.6 is 11.3 Å². The number of thiophene rings is 1. The number of rotatable bonds is 9. The van der Waals surface area contributed by atoms with Crippen LogP contribution in [0, 0.1) is 18.6 Å². The van der Waals surface area contributed by atoms with Gasteiger partial charge in [-0.1, -0.05) is 12.1 Å². The van der Waals surface area contributed by atoms with Crippen LogP contribution in [0.2, 0.25) is 0 Å². The lowest BCUT2D eigenvalue weighted by Gasteiger charge is -2.28. The third-order valence-electron chi connectivity index (χ3n) is 5.63. The topological polar surface area (TPSA) is 84.1 Å². The summed E-state index contributed by atoms with van der Waals surface area (Å²) in [6.45, 7) is 0.539. The van der Waals surface area contributed by atoms with Gasteiger partial charge < -0.3 is 14.9 Å². The monoisotopic (exact) mass is 472 g/mol. The highest BCUT2D eigenvalue weighted by atomic mass is 32.1. The van der Waals surface area contributed by atoms with Gasteiger partial charge in [-0.3, -0.25) is 9.20 Å². The number of aliphatic hydroxyl groups is 2. The quantitative estimate of drug-likeness (QED) is 0.359. The zero-order valence-electron chi connectivity index (χ0n) is 17.8. The molecule has 1 aromatic carbocycles. The van der Waals surface area contributed by atoms with E-state index in [0.717, 1.165) is 12.1 Å². The Bertz CT molecular complexity index is 1260. The Morgan fingerprint density at radius 2 is 1.85 bits per heavy atom. The molecule has 0 aliphatic heterocycles. The Morgan fingerprint density at radius 3 is 2.48 bits per heavy atom. The average Bonchev–Trinajstić information content (AvgIpc) is 3.45. The van der Waals surface area contributed by atoms with Gasteiger partial charge in [0.25, 0.3) is 0 Å². The number of ether oxygens (including phenoxy) is 1. The normalized spacial score (nSPS) is 11.8. The smallest absolute Gasteiger partial charge is 0.182 e. The fraction of sp³-hybridized carbons (Fsp3) is 0.250. The van der Waals surface area contributed by atoms with Crippen molar-refractivity contribution in [2.75, 3.05) is 13.2 Å². The number of aryl methyl sites for hydroxylation is 1. The second-order valence-corrected chi connectivity index (χ2v) is 8.72. The van der Waals surface area contributed by atoms with E-state index < -0.39 is 30.3 Å². The van der Waals surface area contributed by atoms with Crippen molar-refractivity contribution in [2.45, 2.75) is 25.4 Å². The van der Waals surface area contributed by atoms with E-state index in [0.29, 0.717) is 16.2 Å². The van der Waals surface area contributed by atoms with Crippen LogP contribution in [0.3, 0.4) is 0 Å². The molecule has 4 rings (SSSR count). The maximum Gasteiger partial charge on any atom is 0.182 e. The Kier molecular flexibility index (Phi) is 6.55. The first-order valence-electron chi connectivity index (χ1n) is 10.2. The number of hydrogen-bond donors (Lipinski definition) is 2. The van der Waals surface area contributed by atoms with Crippen LogP contribution in [-0.4, -0.2) is 38.6 Å². The number of hydrogen-bond acceptors (Lipinski definition) is 6. The summed E-state index contributed by atoms with van der Waals surface area (Å²) < 4.78 is 35.1. The first kappa shape index (κ1) is 23.0. The number of Topliss-reactive ketones (excluding diaryl/α,β-unsaturated/α-hetero) is 1. The van der Waals surface area contributed by atoms with Crippen molar-refractivity contribution >= 4 is 22.8 Å². The zero-order chi connectivity index (χ0) is 23.6. The molecule has 6 nitrogen and oxygen atoms in total. The molecule has 0 aliphatic rings. The number of nitrogens with zero attached hydrogens (tertiary/aromatic N) is 2. The molecule has 0 fully saturated rings. The molecule has 3 heterocycles. The minimum Gasteiger partial charge on any atom is -0.485 e. The maximum absolute atomic E-state index is 14.0. The molecule has 3 aromatic heterocycles. The highest BCUT2D eigenvalue weighted by Gasteiger charge is 2.36. The number of imidazole rings is 1. The van der Waals surface area contributed by atoms with Crippen LogP contribution in [0.4, 0.5) is 8.78 Å². The molecule has 4 aromatic rings. The molecule has 2 N–H and O–H groups in total. The van der Waals surface area contributed by atoms with Crippen LogP contribution in [0.15, 0.2) is 54.0 Å². The summed E-state index contributed by atoms with van der Waals surface area (Å²) in [6.07, 6.45) is 1.52. The zero-order valence-corrected chi connectivity index (χ0v) is 18.6. The number of benzene rings is 1. The summed E-state index contributed by atoms with van der Waals surface area (Å²) in [7, 11) is 0. The SMILES string of the molecule is Cc1nc2c(OCc3c(F)cccc3F)cccn2c1C(=O)CC(CO)(CO)c1cccs1. The lowest BCUT2D eigenvalue weighted by atomic mass is 9.82. The molecular weight excluding hydrogens is 450 g/mol. The van der Waals surface area contributed by atoms with Crippen LogP contribution < -0.4 is 4.74 Å². The number of carbonyl (C=O) groups excluding carboxylic acids is 1. The average molecular weight is 473 g/mol. The molecule has 0 spiro atoms. The van der Waals surface area contributed by atoms with Crippen LogP contribution in [0.5, 0.6) is 5.75 Å². The van der Waals surface area contributed by atoms with Gasteiger partial charge in [-0.15, -0.1) is 11.3 Å². The summed E-state index contributed by atoms with van der Waals surface area (Å²) in [5, 5.41) is 21.9. The Hall–Kier alpha value is -3.14. The second-order valence-electron chi connectivity index (χ2n) is 7.77. The van der Waals surface area contributed by atoms with Crippen LogP contribution in [0.1, 0.15) is 33.0 Å². The highest BCUT2D eigenvalue weighted by Crippen LogP contribution is 2.33. The van der Waals surface area contributed by atoms with E-state index in [1.165, 1.54) is 17.4 Å². The summed E-state index contributed by atoms with van der Waals surface area (Å²) in [5.74, 6) is -1.48. The van der Waals surface area contributed by atoms with Gasteiger partial charge in [0.2, 0.25) is 0 Å². The number of ketones is 1. The van der Waals surface area contributed by atoms with Crippen molar-refractivity contribution in [3.63, 3.8) is 0 Å². The first-order chi connectivity index (χ1) is 15.9. The van der Waals surface area contributed by atoms with E-state index in [1.807, 2.05) is 5.38 Å². The Morgan fingerprint density at radius 1 is 1.12 bits per heavy atom. The van der Waals surface area contributed by atoms with Gasteiger partial charge in [0.05, 0.1) is 29.9 Å². The Labute approximate surface area is 192 Å². The fourth-order valence-corrected chi connectivity index (χ4v) is 4.71. The molecule has 172 valence electrons. The molecule has 0 radical (unpaired) electrons. The van der Waals surface area contributed by atoms with Gasteiger partial charge in [0, 0.05) is 17.5 Å². The van der Waals surface area contributed by atoms with Crippen molar-refractivity contribution in [1.29, 1.82) is 0 Å². The van der Waals surface area contributed by atoms with E-state index in [-0.39, 0.29) is 35.8 Å². The van der Waals surface area contributed by atoms with Gasteiger partial charge in [0.1, 0.15) is 23.9 Å².